The topological polar surface area (TPSA) is 79.5 Å². The van der Waals surface area contributed by atoms with Gasteiger partial charge in [0.1, 0.15) is 10.6 Å². The fourth-order valence-electron chi connectivity index (χ4n) is 3.28. The summed E-state index contributed by atoms with van der Waals surface area (Å²) in [7, 11) is -2.32. The number of hydrogen-bond donors (Lipinski definition) is 3. The highest BCUT2D eigenvalue weighted by Crippen LogP contribution is 2.40. The van der Waals surface area contributed by atoms with E-state index in [1.54, 1.807) is 18.2 Å². The molecule has 1 aliphatic heterocycles. The van der Waals surface area contributed by atoms with Crippen LogP contribution in [0.2, 0.25) is 5.02 Å². The van der Waals surface area contributed by atoms with Gasteiger partial charge in [0.25, 0.3) is 10.0 Å². The van der Waals surface area contributed by atoms with Crippen LogP contribution >= 0.6 is 22.9 Å². The SMILES string of the molecule is COc1ccc(Cl)cc1NS(=O)(=O)c1c(C)sc(C)c1C1CC(C)NN1. The lowest BCUT2D eigenvalue weighted by Gasteiger charge is -2.16. The largest absolute Gasteiger partial charge is 0.495 e. The van der Waals surface area contributed by atoms with E-state index in [9.17, 15) is 8.42 Å². The van der Waals surface area contributed by atoms with Crippen molar-refractivity contribution in [2.45, 2.75) is 44.2 Å². The first-order valence-corrected chi connectivity index (χ1v) is 10.9. The number of rotatable bonds is 5. The molecule has 0 spiro atoms. The Kier molecular flexibility index (Phi) is 5.50. The molecular weight excluding hydrogens is 394 g/mol. The zero-order valence-corrected chi connectivity index (χ0v) is 17.4. The van der Waals surface area contributed by atoms with Crippen LogP contribution in [0.15, 0.2) is 23.1 Å². The summed E-state index contributed by atoms with van der Waals surface area (Å²) in [6.07, 6.45) is 0.819. The second kappa shape index (κ2) is 7.36. The van der Waals surface area contributed by atoms with Crippen molar-refractivity contribution in [3.63, 3.8) is 0 Å². The molecule has 26 heavy (non-hydrogen) atoms. The van der Waals surface area contributed by atoms with Crippen molar-refractivity contribution in [1.82, 2.24) is 10.9 Å². The standard InChI is InChI=1S/C17H22ClN3O3S2/c1-9-7-14(20-19-9)16-10(2)25-11(3)17(16)26(22,23)21-13-8-12(18)5-6-15(13)24-4/h5-6,8-9,14,19-21H,7H2,1-4H3. The Labute approximate surface area is 162 Å². The lowest BCUT2D eigenvalue weighted by atomic mass is 10.0. The van der Waals surface area contributed by atoms with Gasteiger partial charge < -0.3 is 4.74 Å². The average molecular weight is 416 g/mol. The van der Waals surface area contributed by atoms with Crippen molar-refractivity contribution in [3.8, 4) is 5.75 Å². The van der Waals surface area contributed by atoms with Crippen molar-refractivity contribution in [3.05, 3.63) is 38.5 Å². The summed E-state index contributed by atoms with van der Waals surface area (Å²) in [6, 6.07) is 5.05. The summed E-state index contributed by atoms with van der Waals surface area (Å²) >= 11 is 7.52. The van der Waals surface area contributed by atoms with Crippen LogP contribution in [0.25, 0.3) is 0 Å². The Morgan fingerprint density at radius 3 is 2.62 bits per heavy atom. The Morgan fingerprint density at radius 1 is 1.27 bits per heavy atom. The first-order chi connectivity index (χ1) is 12.2. The van der Waals surface area contributed by atoms with E-state index in [4.69, 9.17) is 16.3 Å². The van der Waals surface area contributed by atoms with Crippen LogP contribution in [0.5, 0.6) is 5.75 Å². The maximum Gasteiger partial charge on any atom is 0.263 e. The van der Waals surface area contributed by atoms with Gasteiger partial charge in [0.15, 0.2) is 0 Å². The number of nitrogens with one attached hydrogen (secondary N) is 3. The van der Waals surface area contributed by atoms with Gasteiger partial charge in [-0.2, -0.15) is 0 Å². The minimum absolute atomic E-state index is 0.0530. The molecule has 0 radical (unpaired) electrons. The Morgan fingerprint density at radius 2 is 2.00 bits per heavy atom. The van der Waals surface area contributed by atoms with E-state index in [1.165, 1.54) is 18.4 Å². The van der Waals surface area contributed by atoms with Crippen molar-refractivity contribution < 1.29 is 13.2 Å². The highest BCUT2D eigenvalue weighted by atomic mass is 35.5. The van der Waals surface area contributed by atoms with Crippen LogP contribution in [-0.2, 0) is 10.0 Å². The van der Waals surface area contributed by atoms with Crippen LogP contribution in [0.1, 0.15) is 34.7 Å². The third-order valence-electron chi connectivity index (χ3n) is 4.37. The summed E-state index contributed by atoms with van der Waals surface area (Å²) in [5, 5.41) is 0.428. The first kappa shape index (κ1) is 19.4. The highest BCUT2D eigenvalue weighted by Gasteiger charge is 2.33. The van der Waals surface area contributed by atoms with E-state index in [1.807, 2.05) is 13.8 Å². The summed E-state index contributed by atoms with van der Waals surface area (Å²) in [5.41, 5.74) is 7.50. The second-order valence-corrected chi connectivity index (χ2v) is 9.87. The number of methoxy groups -OCH3 is 1. The zero-order chi connectivity index (χ0) is 19.1. The summed E-state index contributed by atoms with van der Waals surface area (Å²) in [5.74, 6) is 0.415. The van der Waals surface area contributed by atoms with Gasteiger partial charge in [-0.1, -0.05) is 11.6 Å². The molecule has 9 heteroatoms. The summed E-state index contributed by atoms with van der Waals surface area (Å²) < 4.78 is 34.3. The number of ether oxygens (including phenoxy) is 1. The van der Waals surface area contributed by atoms with Crippen molar-refractivity contribution in [1.29, 1.82) is 0 Å². The summed E-state index contributed by atoms with van der Waals surface area (Å²) in [4.78, 5) is 2.08. The molecule has 2 unspecified atom stereocenters. The van der Waals surface area contributed by atoms with Gasteiger partial charge in [0.2, 0.25) is 0 Å². The van der Waals surface area contributed by atoms with E-state index in [0.29, 0.717) is 21.4 Å². The predicted octanol–water partition coefficient (Wildman–Crippen LogP) is 3.76. The third-order valence-corrected chi connectivity index (χ3v) is 7.32. The van der Waals surface area contributed by atoms with Crippen molar-refractivity contribution >= 4 is 38.6 Å². The molecule has 2 aromatic rings. The molecule has 0 aliphatic carbocycles. The molecule has 1 aliphatic rings. The van der Waals surface area contributed by atoms with E-state index in [-0.39, 0.29) is 12.1 Å². The van der Waals surface area contributed by atoms with Crippen LogP contribution in [0.4, 0.5) is 5.69 Å². The first-order valence-electron chi connectivity index (χ1n) is 8.20. The summed E-state index contributed by atoms with van der Waals surface area (Å²) in [6.45, 7) is 5.85. The van der Waals surface area contributed by atoms with Crippen LogP contribution in [0, 0.1) is 13.8 Å². The van der Waals surface area contributed by atoms with Gasteiger partial charge in [-0.3, -0.25) is 10.1 Å². The second-order valence-electron chi connectivity index (χ2n) is 6.39. The molecule has 0 amide bonds. The minimum Gasteiger partial charge on any atom is -0.495 e. The minimum atomic E-state index is -3.80. The van der Waals surface area contributed by atoms with Gasteiger partial charge in [-0.05, 0) is 45.4 Å². The fourth-order valence-corrected chi connectivity index (χ4v) is 6.50. The maximum atomic E-state index is 13.2. The lowest BCUT2D eigenvalue weighted by Crippen LogP contribution is -2.29. The smallest absolute Gasteiger partial charge is 0.263 e. The molecule has 3 N–H and O–H groups in total. The molecule has 1 aromatic heterocycles. The molecule has 6 nitrogen and oxygen atoms in total. The zero-order valence-electron chi connectivity index (χ0n) is 15.0. The van der Waals surface area contributed by atoms with Crippen LogP contribution < -0.4 is 20.3 Å². The molecule has 3 rings (SSSR count). The van der Waals surface area contributed by atoms with Gasteiger partial charge in [-0.25, -0.2) is 13.8 Å². The van der Waals surface area contributed by atoms with Gasteiger partial charge in [0, 0.05) is 26.4 Å². The fraction of sp³-hybridized carbons (Fsp3) is 0.412. The molecule has 2 atom stereocenters. The number of halogens is 1. The Bertz CT molecular complexity index is 928. The molecular formula is C17H22ClN3O3S2. The number of thiophene rings is 1. The lowest BCUT2D eigenvalue weighted by molar-refractivity contribution is 0.417. The number of sulfonamides is 1. The number of anilines is 1. The molecule has 0 saturated carbocycles. The molecule has 1 saturated heterocycles. The van der Waals surface area contributed by atoms with Crippen LogP contribution in [0.3, 0.4) is 0 Å². The molecule has 2 heterocycles. The average Bonchev–Trinajstić information content (AvgIpc) is 3.10. The number of hydrazine groups is 1. The van der Waals surface area contributed by atoms with E-state index in [2.05, 4.69) is 22.5 Å². The van der Waals surface area contributed by atoms with Gasteiger partial charge in [-0.15, -0.1) is 11.3 Å². The molecule has 142 valence electrons. The van der Waals surface area contributed by atoms with Gasteiger partial charge in [0.05, 0.1) is 18.8 Å². The quantitative estimate of drug-likeness (QED) is 0.692. The molecule has 1 fully saturated rings. The molecule has 1 aromatic carbocycles. The normalized spacial score (nSPS) is 20.3. The van der Waals surface area contributed by atoms with E-state index < -0.39 is 10.0 Å². The Hall–Kier alpha value is -1.32. The van der Waals surface area contributed by atoms with Crippen molar-refractivity contribution in [2.75, 3.05) is 11.8 Å². The molecule has 0 bridgehead atoms. The predicted molar refractivity (Wildman–Crippen MR) is 106 cm³/mol. The van der Waals surface area contributed by atoms with Crippen molar-refractivity contribution in [2.24, 2.45) is 0 Å². The number of hydrogen-bond acceptors (Lipinski definition) is 6. The number of benzene rings is 1. The Balaban J connectivity index is 2.04. The number of aryl methyl sites for hydroxylation is 2. The monoisotopic (exact) mass is 415 g/mol. The van der Waals surface area contributed by atoms with Gasteiger partial charge >= 0.3 is 0 Å². The van der Waals surface area contributed by atoms with Crippen LogP contribution in [-0.4, -0.2) is 21.6 Å². The highest BCUT2D eigenvalue weighted by molar-refractivity contribution is 7.93. The van der Waals surface area contributed by atoms with E-state index >= 15 is 0 Å². The maximum absolute atomic E-state index is 13.2. The third kappa shape index (κ3) is 3.70. The van der Waals surface area contributed by atoms with E-state index in [0.717, 1.165) is 21.7 Å².